The van der Waals surface area contributed by atoms with Crippen LogP contribution in [0.15, 0.2) is 52.4 Å². The number of methoxy groups -OCH3 is 1. The Kier molecular flexibility index (Phi) is 11.1. The molecule has 0 atom stereocenters. The number of sulfonamides is 1. The summed E-state index contributed by atoms with van der Waals surface area (Å²) in [5, 5.41) is 11.6. The molecule has 0 saturated carbocycles. The van der Waals surface area contributed by atoms with Gasteiger partial charge in [-0.3, -0.25) is 4.99 Å². The van der Waals surface area contributed by atoms with E-state index in [1.54, 1.807) is 26.3 Å². The first-order chi connectivity index (χ1) is 13.8. The molecule has 0 spiro atoms. The Bertz CT molecular complexity index is 934. The first-order valence-corrected chi connectivity index (χ1v) is 10.7. The van der Waals surface area contributed by atoms with Gasteiger partial charge in [-0.05, 0) is 36.2 Å². The smallest absolute Gasteiger partial charge is 0.238 e. The van der Waals surface area contributed by atoms with Gasteiger partial charge in [-0.25, -0.2) is 13.6 Å². The molecule has 2 aromatic carbocycles. The number of nitrogens with zero attached hydrogens (tertiary/aromatic N) is 1. The molecule has 0 heterocycles. The number of hydrogen-bond donors (Lipinski definition) is 3. The van der Waals surface area contributed by atoms with Gasteiger partial charge < -0.3 is 20.1 Å². The Balaban J connectivity index is 0.00000450. The van der Waals surface area contributed by atoms with E-state index in [2.05, 4.69) is 15.6 Å². The second-order valence-electron chi connectivity index (χ2n) is 6.42. The number of nitrogens with two attached hydrogens (primary N) is 1. The summed E-state index contributed by atoms with van der Waals surface area (Å²) in [4.78, 5) is 4.30. The molecule has 0 radical (unpaired) electrons. The molecule has 0 bridgehead atoms. The van der Waals surface area contributed by atoms with Gasteiger partial charge >= 0.3 is 0 Å². The SMILES string of the molecule is CN=C(NCc1ccc(S(N)(=O)=O)cc1)NCc1ccc(C)cc1OCCOC.I. The fourth-order valence-electron chi connectivity index (χ4n) is 2.56. The molecule has 30 heavy (non-hydrogen) atoms. The molecule has 0 unspecified atom stereocenters. The molecule has 0 aliphatic heterocycles. The predicted molar refractivity (Wildman–Crippen MR) is 129 cm³/mol. The van der Waals surface area contributed by atoms with E-state index in [4.69, 9.17) is 14.6 Å². The highest BCUT2D eigenvalue weighted by molar-refractivity contribution is 14.0. The van der Waals surface area contributed by atoms with Crippen LogP contribution in [0.5, 0.6) is 5.75 Å². The highest BCUT2D eigenvalue weighted by atomic mass is 127. The summed E-state index contributed by atoms with van der Waals surface area (Å²) in [7, 11) is -0.363. The molecule has 0 fully saturated rings. The van der Waals surface area contributed by atoms with Crippen molar-refractivity contribution in [3.05, 3.63) is 59.2 Å². The van der Waals surface area contributed by atoms with E-state index >= 15 is 0 Å². The topological polar surface area (TPSA) is 115 Å². The van der Waals surface area contributed by atoms with Crippen LogP contribution < -0.4 is 20.5 Å². The maximum absolute atomic E-state index is 11.3. The van der Waals surface area contributed by atoms with Crippen molar-refractivity contribution in [3.8, 4) is 5.75 Å². The number of primary sulfonamides is 1. The molecule has 4 N–H and O–H groups in total. The summed E-state index contributed by atoms with van der Waals surface area (Å²) in [6.07, 6.45) is 0. The zero-order chi connectivity index (χ0) is 21.3. The number of nitrogens with one attached hydrogen (secondary N) is 2. The van der Waals surface area contributed by atoms with Crippen LogP contribution >= 0.6 is 24.0 Å². The van der Waals surface area contributed by atoms with Gasteiger partial charge in [-0.2, -0.15) is 0 Å². The quantitative estimate of drug-likeness (QED) is 0.192. The maximum Gasteiger partial charge on any atom is 0.238 e. The van der Waals surface area contributed by atoms with Crippen molar-refractivity contribution in [2.24, 2.45) is 10.1 Å². The van der Waals surface area contributed by atoms with E-state index in [9.17, 15) is 8.42 Å². The predicted octanol–water partition coefficient (Wildman–Crippen LogP) is 2.15. The minimum Gasteiger partial charge on any atom is -0.491 e. The fourth-order valence-corrected chi connectivity index (χ4v) is 3.07. The normalized spacial score (nSPS) is 11.5. The average Bonchev–Trinajstić information content (AvgIpc) is 2.69. The summed E-state index contributed by atoms with van der Waals surface area (Å²) in [6.45, 7) is 4.03. The minimum atomic E-state index is -3.69. The molecular weight excluding hydrogens is 519 g/mol. The van der Waals surface area contributed by atoms with E-state index in [0.29, 0.717) is 32.3 Å². The molecule has 0 amide bonds. The standard InChI is InChI=1S/C20H28N4O4S.HI/c1-15-4-7-17(19(12-15)28-11-10-27-3)14-24-20(22-2)23-13-16-5-8-18(9-6-16)29(21,25)26;/h4-9,12H,10-11,13-14H2,1-3H3,(H2,21,25,26)(H2,22,23,24);1H. The number of guanidine groups is 1. The Labute approximate surface area is 195 Å². The number of hydrogen-bond acceptors (Lipinski definition) is 5. The van der Waals surface area contributed by atoms with Gasteiger partial charge in [0, 0.05) is 32.8 Å². The van der Waals surface area contributed by atoms with Crippen LogP contribution in [0.3, 0.4) is 0 Å². The van der Waals surface area contributed by atoms with Gasteiger partial charge in [0.25, 0.3) is 0 Å². The summed E-state index contributed by atoms with van der Waals surface area (Å²) in [5.41, 5.74) is 3.03. The van der Waals surface area contributed by atoms with Gasteiger partial charge in [0.15, 0.2) is 5.96 Å². The molecule has 2 aromatic rings. The van der Waals surface area contributed by atoms with Gasteiger partial charge in [-0.1, -0.05) is 24.3 Å². The van der Waals surface area contributed by atoms with Crippen LogP contribution in [0, 0.1) is 6.92 Å². The van der Waals surface area contributed by atoms with Gasteiger partial charge in [-0.15, -0.1) is 24.0 Å². The van der Waals surface area contributed by atoms with Crippen LogP contribution in [0.4, 0.5) is 0 Å². The molecule has 166 valence electrons. The van der Waals surface area contributed by atoms with Gasteiger partial charge in [0.1, 0.15) is 12.4 Å². The van der Waals surface area contributed by atoms with Crippen molar-refractivity contribution >= 4 is 40.0 Å². The number of ether oxygens (including phenoxy) is 2. The number of aryl methyl sites for hydroxylation is 1. The third-order valence-corrected chi connectivity index (χ3v) is 5.08. The van der Waals surface area contributed by atoms with Crippen molar-refractivity contribution in [1.82, 2.24) is 10.6 Å². The Morgan fingerprint density at radius 1 is 1.07 bits per heavy atom. The second-order valence-corrected chi connectivity index (χ2v) is 7.98. The van der Waals surface area contributed by atoms with E-state index < -0.39 is 10.0 Å². The third kappa shape index (κ3) is 8.46. The average molecular weight is 548 g/mol. The lowest BCUT2D eigenvalue weighted by atomic mass is 10.1. The monoisotopic (exact) mass is 548 g/mol. The Morgan fingerprint density at radius 2 is 1.73 bits per heavy atom. The highest BCUT2D eigenvalue weighted by Gasteiger charge is 2.08. The molecule has 0 aromatic heterocycles. The van der Waals surface area contributed by atoms with Crippen LogP contribution in [-0.4, -0.2) is 41.7 Å². The Hall–Kier alpha value is -1.89. The zero-order valence-electron chi connectivity index (χ0n) is 17.3. The number of rotatable bonds is 9. The van der Waals surface area contributed by atoms with Crippen LogP contribution in [0.25, 0.3) is 0 Å². The Morgan fingerprint density at radius 3 is 2.33 bits per heavy atom. The zero-order valence-corrected chi connectivity index (χ0v) is 20.5. The molecule has 0 aliphatic carbocycles. The lowest BCUT2D eigenvalue weighted by molar-refractivity contribution is 0.145. The largest absolute Gasteiger partial charge is 0.491 e. The van der Waals surface area contributed by atoms with Crippen LogP contribution in [0.2, 0.25) is 0 Å². The van der Waals surface area contributed by atoms with Crippen LogP contribution in [0.1, 0.15) is 16.7 Å². The lowest BCUT2D eigenvalue weighted by Crippen LogP contribution is -2.36. The van der Waals surface area contributed by atoms with Crippen molar-refractivity contribution in [2.75, 3.05) is 27.4 Å². The van der Waals surface area contributed by atoms with E-state index in [1.807, 2.05) is 25.1 Å². The first-order valence-electron chi connectivity index (χ1n) is 9.11. The fraction of sp³-hybridized carbons (Fsp3) is 0.350. The van der Waals surface area contributed by atoms with Crippen molar-refractivity contribution in [1.29, 1.82) is 0 Å². The highest BCUT2D eigenvalue weighted by Crippen LogP contribution is 2.20. The maximum atomic E-state index is 11.3. The van der Waals surface area contributed by atoms with E-state index in [-0.39, 0.29) is 28.9 Å². The van der Waals surface area contributed by atoms with E-state index in [1.165, 1.54) is 12.1 Å². The molecule has 2 rings (SSSR count). The summed E-state index contributed by atoms with van der Waals surface area (Å²) >= 11 is 0. The van der Waals surface area contributed by atoms with Crippen LogP contribution in [-0.2, 0) is 27.8 Å². The number of halogens is 1. The number of aliphatic imine (C=N–C) groups is 1. The molecule has 0 aliphatic rings. The number of benzene rings is 2. The van der Waals surface area contributed by atoms with Crippen molar-refractivity contribution < 1.29 is 17.9 Å². The van der Waals surface area contributed by atoms with Crippen molar-refractivity contribution in [2.45, 2.75) is 24.9 Å². The summed E-state index contributed by atoms with van der Waals surface area (Å²) in [6, 6.07) is 12.4. The third-order valence-electron chi connectivity index (χ3n) is 4.15. The summed E-state index contributed by atoms with van der Waals surface area (Å²) in [5.74, 6) is 1.42. The molecule has 8 nitrogen and oxygen atoms in total. The minimum absolute atomic E-state index is 0. The molecule has 10 heteroatoms. The molecular formula is C20H29IN4O4S. The van der Waals surface area contributed by atoms with Gasteiger partial charge in [0.2, 0.25) is 10.0 Å². The first kappa shape index (κ1) is 26.1. The van der Waals surface area contributed by atoms with E-state index in [0.717, 1.165) is 22.4 Å². The lowest BCUT2D eigenvalue weighted by Gasteiger charge is -2.15. The second kappa shape index (κ2) is 12.7. The summed E-state index contributed by atoms with van der Waals surface area (Å²) < 4.78 is 33.5. The van der Waals surface area contributed by atoms with Crippen molar-refractivity contribution in [3.63, 3.8) is 0 Å². The van der Waals surface area contributed by atoms with Gasteiger partial charge in [0.05, 0.1) is 11.5 Å². The molecule has 0 saturated heterocycles.